The highest BCUT2D eigenvalue weighted by Crippen LogP contribution is 2.50. The molecule has 18 heteroatoms. The van der Waals surface area contributed by atoms with Crippen molar-refractivity contribution in [2.75, 3.05) is 75.5 Å². The maximum atomic E-state index is 15.9. The van der Waals surface area contributed by atoms with Crippen LogP contribution >= 0.6 is 18.7 Å². The van der Waals surface area contributed by atoms with Crippen LogP contribution in [0.1, 0.15) is 68.3 Å². The number of piperazine rings is 1. The van der Waals surface area contributed by atoms with E-state index in [1.165, 1.54) is 34.9 Å². The van der Waals surface area contributed by atoms with Gasteiger partial charge in [0.05, 0.1) is 27.3 Å². The van der Waals surface area contributed by atoms with Gasteiger partial charge >= 0.3 is 0 Å². The van der Waals surface area contributed by atoms with Gasteiger partial charge in [0.1, 0.15) is 18.5 Å². The third-order valence-electron chi connectivity index (χ3n) is 13.5. The minimum atomic E-state index is -4.66. The molecule has 3 aliphatic heterocycles. The predicted molar refractivity (Wildman–Crippen MR) is 259 cm³/mol. The van der Waals surface area contributed by atoms with Gasteiger partial charge in [-0.05, 0) is 116 Å². The lowest BCUT2D eigenvalue weighted by Crippen LogP contribution is -2.47. The molecule has 1 unspecified atom stereocenters. The molecule has 0 bridgehead atoms. The fourth-order valence-corrected chi connectivity index (χ4v) is 13.8. The van der Waals surface area contributed by atoms with Crippen molar-refractivity contribution in [2.24, 2.45) is 11.3 Å². The molecule has 5 aromatic rings. The molecule has 1 amide bonds. The van der Waals surface area contributed by atoms with Crippen LogP contribution < -0.4 is 30.3 Å². The topological polar surface area (TPSA) is 189 Å². The molecule has 0 saturated carbocycles. The fraction of sp³-hybridized carbons (Fsp3) is 0.417. The number of H-pyrrole nitrogens is 1. The molecule has 15 nitrogen and oxygen atoms in total. The number of pyridine rings is 1. The Labute approximate surface area is 389 Å². The third kappa shape index (κ3) is 9.75. The van der Waals surface area contributed by atoms with E-state index in [1.54, 1.807) is 24.4 Å². The van der Waals surface area contributed by atoms with Crippen molar-refractivity contribution in [1.29, 1.82) is 0 Å². The molecule has 0 radical (unpaired) electrons. The maximum absolute atomic E-state index is 15.9. The Morgan fingerprint density at radius 2 is 1.77 bits per heavy atom. The molecule has 2 saturated heterocycles. The van der Waals surface area contributed by atoms with Crippen LogP contribution in [0.15, 0.2) is 89.5 Å². The Balaban J connectivity index is 1.01. The van der Waals surface area contributed by atoms with Gasteiger partial charge in [-0.2, -0.15) is 4.98 Å². The smallest absolute Gasteiger partial charge is 0.293 e. The molecule has 1 atom stereocenters. The number of sulfonamides is 1. The number of nitrogens with one attached hydrogen (secondary N) is 3. The molecule has 4 aliphatic rings. The summed E-state index contributed by atoms with van der Waals surface area (Å²) >= 11 is 6.27. The highest BCUT2D eigenvalue weighted by atomic mass is 35.5. The van der Waals surface area contributed by atoms with Crippen molar-refractivity contribution in [1.82, 2.24) is 19.6 Å². The zero-order valence-electron chi connectivity index (χ0n) is 37.2. The minimum absolute atomic E-state index is 0.0857. The van der Waals surface area contributed by atoms with Crippen molar-refractivity contribution in [2.45, 2.75) is 57.3 Å². The number of ether oxygens (including phenoxy) is 2. The second-order valence-electron chi connectivity index (χ2n) is 18.6. The Bertz CT molecular complexity index is 2850. The van der Waals surface area contributed by atoms with E-state index in [4.69, 9.17) is 21.1 Å². The van der Waals surface area contributed by atoms with Crippen LogP contribution in [0.4, 0.5) is 17.1 Å². The number of aromatic amines is 1. The van der Waals surface area contributed by atoms with Gasteiger partial charge in [-0.25, -0.2) is 13.1 Å². The summed E-state index contributed by atoms with van der Waals surface area (Å²) in [5.74, 6) is -0.564. The van der Waals surface area contributed by atoms with Gasteiger partial charge in [0.15, 0.2) is 0 Å². The van der Waals surface area contributed by atoms with Gasteiger partial charge in [-0.3, -0.25) is 19.8 Å². The zero-order valence-corrected chi connectivity index (χ0v) is 39.7. The van der Waals surface area contributed by atoms with Gasteiger partial charge in [0.25, 0.3) is 21.6 Å². The number of rotatable bonds is 12. The number of carbonyl (C=O) groups is 1. The van der Waals surface area contributed by atoms with Crippen LogP contribution in [0, 0.1) is 21.4 Å². The third-order valence-corrected chi connectivity index (χ3v) is 18.3. The Kier molecular flexibility index (Phi) is 13.1. The number of nitrogens with zero attached hydrogens (tertiary/aromatic N) is 4. The Morgan fingerprint density at radius 3 is 2.53 bits per heavy atom. The number of allylic oxidation sites excluding steroid dienone is 1. The summed E-state index contributed by atoms with van der Waals surface area (Å²) in [5.41, 5.74) is 5.21. The Morgan fingerprint density at radius 1 is 1.00 bits per heavy atom. The van der Waals surface area contributed by atoms with Crippen LogP contribution in [-0.4, -0.2) is 99.4 Å². The van der Waals surface area contributed by atoms with Crippen molar-refractivity contribution in [3.63, 3.8) is 0 Å². The van der Waals surface area contributed by atoms with Crippen molar-refractivity contribution < 1.29 is 32.2 Å². The first-order valence-electron chi connectivity index (χ1n) is 22.6. The second-order valence-corrected chi connectivity index (χ2v) is 23.6. The van der Waals surface area contributed by atoms with E-state index < -0.39 is 38.6 Å². The van der Waals surface area contributed by atoms with E-state index in [0.717, 1.165) is 63.5 Å². The summed E-state index contributed by atoms with van der Waals surface area (Å²) in [4.78, 5) is 38.0. The lowest BCUT2D eigenvalue weighted by atomic mass is 9.72. The van der Waals surface area contributed by atoms with E-state index in [2.05, 4.69) is 55.8 Å². The molecular formula is C48H55ClN7O8PS. The van der Waals surface area contributed by atoms with E-state index in [0.29, 0.717) is 60.6 Å². The number of hydrogen-bond donors (Lipinski definition) is 3. The van der Waals surface area contributed by atoms with Gasteiger partial charge in [-0.1, -0.05) is 43.2 Å². The molecule has 3 N–H and O–H groups in total. The van der Waals surface area contributed by atoms with Crippen LogP contribution in [0.5, 0.6) is 5.88 Å². The molecule has 2 aromatic heterocycles. The van der Waals surface area contributed by atoms with Crippen molar-refractivity contribution in [3.05, 3.63) is 111 Å². The number of hydrogen-bond acceptors (Lipinski definition) is 12. The quantitative estimate of drug-likeness (QED) is 0.0623. The molecule has 0 spiro atoms. The second kappa shape index (κ2) is 18.8. The van der Waals surface area contributed by atoms with Gasteiger partial charge in [0, 0.05) is 92.3 Å². The predicted octanol–water partition coefficient (Wildman–Crippen LogP) is 7.96. The molecule has 5 heterocycles. The van der Waals surface area contributed by atoms with Gasteiger partial charge < -0.3 is 29.2 Å². The summed E-state index contributed by atoms with van der Waals surface area (Å²) in [7, 11) is -8.39. The lowest BCUT2D eigenvalue weighted by Gasteiger charge is -2.39. The first-order chi connectivity index (χ1) is 31.7. The Hall–Kier alpha value is -5.25. The standard InChI is InChI=1S/C48H55ClN7O8PS/c1-48(2)16-12-35(40(29-48)33-4-6-36(49)7-5-33)31-54-18-20-55(21-19-54)37-8-10-39(43(27-37)65(60)25-3-22-64-47-44(65)26-34-13-17-50-45(34)52-47)46(57)53-66(61,62)38-9-11-41(42(28-38)56(58)59)51-30-32-14-23-63-24-15-32/h4-11,13,17,26-28,32,51H,3,12,14-16,18-25,29-31H2,1-2H3,(H,50,52)(H,53,57). The highest BCUT2D eigenvalue weighted by Gasteiger charge is 2.39. The van der Waals surface area contributed by atoms with Crippen LogP contribution in [0.3, 0.4) is 0 Å². The number of anilines is 2. The molecule has 9 rings (SSSR count). The largest absolute Gasteiger partial charge is 0.477 e. The SMILES string of the molecule is CC1(C)CCC(CN2CCN(c3ccc(C(=O)NS(=O)(=O)c4ccc(NCC5CCOCC5)c([N+](=O)[O-])c4)c(P4(=O)CCCOc5nc6[nH]ccc6cc54)c3)CC2)=C(c2ccc(Cl)cc2)C1. The van der Waals surface area contributed by atoms with Gasteiger partial charge in [0.2, 0.25) is 5.88 Å². The molecule has 348 valence electrons. The van der Waals surface area contributed by atoms with Crippen molar-refractivity contribution in [3.8, 4) is 5.88 Å². The number of benzene rings is 3. The maximum Gasteiger partial charge on any atom is 0.293 e. The highest BCUT2D eigenvalue weighted by molar-refractivity contribution is 7.90. The summed E-state index contributed by atoms with van der Waals surface area (Å²) in [6.45, 7) is 10.3. The monoisotopic (exact) mass is 955 g/mol. The number of amides is 1. The fourth-order valence-electron chi connectivity index (χ4n) is 9.67. The van der Waals surface area contributed by atoms with Gasteiger partial charge in [-0.15, -0.1) is 0 Å². The van der Waals surface area contributed by atoms with Crippen LogP contribution in [0.25, 0.3) is 16.6 Å². The molecule has 1 aliphatic carbocycles. The van der Waals surface area contributed by atoms with Crippen LogP contribution in [-0.2, 0) is 19.3 Å². The number of fused-ring (bicyclic) bond motifs is 2. The average molecular weight is 957 g/mol. The first-order valence-corrected chi connectivity index (χ1v) is 26.4. The molecular weight excluding hydrogens is 901 g/mol. The summed E-state index contributed by atoms with van der Waals surface area (Å²) in [6.07, 6.45) is 7.02. The normalized spacial score (nSPS) is 20.6. The average Bonchev–Trinajstić information content (AvgIpc) is 3.71. The molecule has 66 heavy (non-hydrogen) atoms. The number of carbonyl (C=O) groups excluding carboxylic acids is 1. The van der Waals surface area contributed by atoms with E-state index in [-0.39, 0.29) is 46.5 Å². The summed E-state index contributed by atoms with van der Waals surface area (Å²) in [5, 5.41) is 17.3. The number of halogens is 1. The number of nitro benzene ring substituents is 1. The van der Waals surface area contributed by atoms with Crippen molar-refractivity contribution >= 4 is 79.0 Å². The minimum Gasteiger partial charge on any atom is -0.477 e. The van der Waals surface area contributed by atoms with Crippen LogP contribution in [0.2, 0.25) is 5.02 Å². The van der Waals surface area contributed by atoms with E-state index in [1.807, 2.05) is 18.2 Å². The summed E-state index contributed by atoms with van der Waals surface area (Å²) in [6, 6.07) is 20.3. The first kappa shape index (κ1) is 45.9. The number of aromatic nitrogens is 2. The van der Waals surface area contributed by atoms with E-state index in [9.17, 15) is 23.3 Å². The zero-order chi connectivity index (χ0) is 46.2. The number of nitro groups is 1. The summed E-state index contributed by atoms with van der Waals surface area (Å²) < 4.78 is 57.4. The van der Waals surface area contributed by atoms with E-state index >= 15 is 4.57 Å². The molecule has 3 aromatic carbocycles. The molecule has 2 fully saturated rings. The lowest BCUT2D eigenvalue weighted by molar-refractivity contribution is -0.384.